The summed E-state index contributed by atoms with van der Waals surface area (Å²) in [6.45, 7) is 0.482. The Bertz CT molecular complexity index is 1140. The maximum Gasteiger partial charge on any atom is 0.417 e. The first-order chi connectivity index (χ1) is 14.3. The van der Waals surface area contributed by atoms with Crippen LogP contribution < -0.4 is 10.2 Å². The van der Waals surface area contributed by atoms with Crippen molar-refractivity contribution in [3.05, 3.63) is 75.1 Å². The van der Waals surface area contributed by atoms with Crippen LogP contribution in [0.25, 0.3) is 0 Å². The molecule has 1 aliphatic rings. The van der Waals surface area contributed by atoms with Crippen LogP contribution in [0.4, 0.5) is 41.9 Å². The van der Waals surface area contributed by atoms with Crippen molar-refractivity contribution in [2.24, 2.45) is 0 Å². The minimum Gasteiger partial charge on any atom is -0.334 e. The fourth-order valence-electron chi connectivity index (χ4n) is 3.34. The Balaban J connectivity index is 1.76. The van der Waals surface area contributed by atoms with Crippen LogP contribution in [0.1, 0.15) is 11.1 Å². The Morgan fingerprint density at radius 2 is 1.93 bits per heavy atom. The summed E-state index contributed by atoms with van der Waals surface area (Å²) in [6, 6.07) is 10.6. The van der Waals surface area contributed by atoms with E-state index in [1.807, 2.05) is 24.3 Å². The molecule has 0 atom stereocenters. The first kappa shape index (κ1) is 19.9. The minimum atomic E-state index is -4.67. The van der Waals surface area contributed by atoms with Crippen molar-refractivity contribution in [1.82, 2.24) is 9.97 Å². The highest BCUT2D eigenvalue weighted by Gasteiger charge is 2.34. The Kier molecular flexibility index (Phi) is 4.94. The zero-order chi connectivity index (χ0) is 21.5. The Labute approximate surface area is 173 Å². The van der Waals surface area contributed by atoms with Crippen molar-refractivity contribution >= 4 is 40.3 Å². The quantitative estimate of drug-likeness (QED) is 0.430. The zero-order valence-corrected chi connectivity index (χ0v) is 15.9. The fraction of sp³-hybridized carbons (Fsp3) is 0.158. The summed E-state index contributed by atoms with van der Waals surface area (Å²) in [4.78, 5) is 20.9. The predicted molar refractivity (Wildman–Crippen MR) is 106 cm³/mol. The van der Waals surface area contributed by atoms with Crippen LogP contribution in [0.3, 0.4) is 0 Å². The molecule has 0 radical (unpaired) electrons. The number of nitrogens with one attached hydrogen (secondary N) is 1. The number of nitrogens with zero attached hydrogens (tertiary/aromatic N) is 4. The van der Waals surface area contributed by atoms with Crippen LogP contribution in [-0.4, -0.2) is 21.4 Å². The number of halogens is 4. The van der Waals surface area contributed by atoms with E-state index in [9.17, 15) is 23.3 Å². The van der Waals surface area contributed by atoms with Crippen LogP contribution in [0.15, 0.2) is 48.8 Å². The smallest absolute Gasteiger partial charge is 0.334 e. The lowest BCUT2D eigenvalue weighted by molar-refractivity contribution is -0.383. The molecular weight excluding hydrogens is 423 g/mol. The lowest BCUT2D eigenvalue weighted by Crippen LogP contribution is -2.17. The lowest BCUT2D eigenvalue weighted by Gasteiger charge is -2.19. The van der Waals surface area contributed by atoms with Crippen LogP contribution >= 0.6 is 11.6 Å². The van der Waals surface area contributed by atoms with Gasteiger partial charge in [-0.15, -0.1) is 0 Å². The Hall–Kier alpha value is -3.40. The molecule has 2 heterocycles. The molecule has 0 aliphatic carbocycles. The third-order valence-corrected chi connectivity index (χ3v) is 4.99. The molecule has 0 saturated carbocycles. The molecule has 0 amide bonds. The lowest BCUT2D eigenvalue weighted by atomic mass is 10.2. The molecule has 4 rings (SSSR count). The van der Waals surface area contributed by atoms with Gasteiger partial charge in [0.1, 0.15) is 6.33 Å². The third kappa shape index (κ3) is 3.61. The second-order valence-electron chi connectivity index (χ2n) is 6.50. The van der Waals surface area contributed by atoms with E-state index < -0.39 is 27.4 Å². The van der Waals surface area contributed by atoms with Gasteiger partial charge in [0.2, 0.25) is 11.6 Å². The number of fused-ring (bicyclic) bond motifs is 1. The molecule has 30 heavy (non-hydrogen) atoms. The van der Waals surface area contributed by atoms with Gasteiger partial charge in [0.05, 0.1) is 15.5 Å². The summed E-state index contributed by atoms with van der Waals surface area (Å²) in [5.41, 5.74) is 0.280. The summed E-state index contributed by atoms with van der Waals surface area (Å²) >= 11 is 5.64. The van der Waals surface area contributed by atoms with Crippen molar-refractivity contribution in [2.45, 2.75) is 12.6 Å². The standard InChI is InChI=1S/C19H13ClF3N5O2/c20-14-6-5-12(9-13(14)19(21,22)23)26-17-16(28(29)30)18(25-10-24-17)27-8-7-11-3-1-2-4-15(11)27/h1-6,9-10H,7-8H2,(H,24,25,26). The topological polar surface area (TPSA) is 84.2 Å². The van der Waals surface area contributed by atoms with Crippen molar-refractivity contribution in [2.75, 3.05) is 16.8 Å². The molecule has 3 aromatic rings. The van der Waals surface area contributed by atoms with E-state index in [-0.39, 0.29) is 17.3 Å². The van der Waals surface area contributed by atoms with Gasteiger partial charge in [-0.05, 0) is 36.2 Å². The van der Waals surface area contributed by atoms with E-state index in [2.05, 4.69) is 15.3 Å². The van der Waals surface area contributed by atoms with Gasteiger partial charge in [-0.2, -0.15) is 13.2 Å². The fourth-order valence-corrected chi connectivity index (χ4v) is 3.57. The summed E-state index contributed by atoms with van der Waals surface area (Å²) in [5.74, 6) is -0.155. The van der Waals surface area contributed by atoms with Crippen LogP contribution in [-0.2, 0) is 12.6 Å². The number of hydrogen-bond donors (Lipinski definition) is 1. The van der Waals surface area contributed by atoms with E-state index in [1.54, 1.807) is 4.90 Å². The molecule has 0 fully saturated rings. The second-order valence-corrected chi connectivity index (χ2v) is 6.91. The molecule has 1 aliphatic heterocycles. The number of alkyl halides is 3. The monoisotopic (exact) mass is 435 g/mol. The highest BCUT2D eigenvalue weighted by molar-refractivity contribution is 6.31. The zero-order valence-electron chi connectivity index (χ0n) is 15.2. The molecule has 1 aromatic heterocycles. The summed E-state index contributed by atoms with van der Waals surface area (Å²) in [6.07, 6.45) is -2.85. The van der Waals surface area contributed by atoms with Gasteiger partial charge in [0, 0.05) is 17.9 Å². The predicted octanol–water partition coefficient (Wildman–Crippen LogP) is 5.49. The van der Waals surface area contributed by atoms with Gasteiger partial charge in [0.25, 0.3) is 0 Å². The maximum absolute atomic E-state index is 13.1. The van der Waals surface area contributed by atoms with Crippen LogP contribution in [0.2, 0.25) is 5.02 Å². The number of benzene rings is 2. The van der Waals surface area contributed by atoms with Gasteiger partial charge >= 0.3 is 11.9 Å². The molecule has 11 heteroatoms. The van der Waals surface area contributed by atoms with E-state index in [1.165, 1.54) is 6.07 Å². The van der Waals surface area contributed by atoms with Gasteiger partial charge in [0.15, 0.2) is 0 Å². The Morgan fingerprint density at radius 3 is 2.67 bits per heavy atom. The number of para-hydroxylation sites is 1. The molecule has 7 nitrogen and oxygen atoms in total. The number of aromatic nitrogens is 2. The van der Waals surface area contributed by atoms with E-state index in [0.717, 1.165) is 29.7 Å². The summed E-state index contributed by atoms with van der Waals surface area (Å²) in [5, 5.41) is 14.0. The van der Waals surface area contributed by atoms with Gasteiger partial charge in [-0.3, -0.25) is 10.1 Å². The van der Waals surface area contributed by atoms with Crippen molar-refractivity contribution in [1.29, 1.82) is 0 Å². The third-order valence-electron chi connectivity index (χ3n) is 4.66. The largest absolute Gasteiger partial charge is 0.417 e. The maximum atomic E-state index is 13.1. The van der Waals surface area contributed by atoms with Gasteiger partial charge in [-0.1, -0.05) is 29.8 Å². The molecule has 0 saturated heterocycles. The normalized spacial score (nSPS) is 13.3. The molecule has 0 spiro atoms. The first-order valence-electron chi connectivity index (χ1n) is 8.74. The van der Waals surface area contributed by atoms with Crippen LogP contribution in [0.5, 0.6) is 0 Å². The van der Waals surface area contributed by atoms with Gasteiger partial charge < -0.3 is 10.2 Å². The second kappa shape index (κ2) is 7.45. The molecule has 1 N–H and O–H groups in total. The number of hydrogen-bond acceptors (Lipinski definition) is 6. The summed E-state index contributed by atoms with van der Waals surface area (Å²) in [7, 11) is 0. The highest BCUT2D eigenvalue weighted by Crippen LogP contribution is 2.42. The SMILES string of the molecule is O=[N+]([O-])c1c(Nc2ccc(Cl)c(C(F)(F)F)c2)ncnc1N1CCc2ccccc21. The average Bonchev–Trinajstić information content (AvgIpc) is 3.12. The van der Waals surface area contributed by atoms with E-state index in [4.69, 9.17) is 11.6 Å². The summed E-state index contributed by atoms with van der Waals surface area (Å²) < 4.78 is 39.4. The number of rotatable bonds is 4. The van der Waals surface area contributed by atoms with Crippen molar-refractivity contribution in [3.63, 3.8) is 0 Å². The highest BCUT2D eigenvalue weighted by atomic mass is 35.5. The van der Waals surface area contributed by atoms with Crippen LogP contribution in [0, 0.1) is 10.1 Å². The molecule has 154 valence electrons. The van der Waals surface area contributed by atoms with E-state index >= 15 is 0 Å². The molecule has 2 aromatic carbocycles. The Morgan fingerprint density at radius 1 is 1.17 bits per heavy atom. The van der Waals surface area contributed by atoms with E-state index in [0.29, 0.717) is 13.0 Å². The number of anilines is 4. The van der Waals surface area contributed by atoms with Gasteiger partial charge in [-0.25, -0.2) is 9.97 Å². The average molecular weight is 436 g/mol. The molecule has 0 bridgehead atoms. The molecular formula is C19H13ClF3N5O2. The number of nitro groups is 1. The minimum absolute atomic E-state index is 0.0405. The van der Waals surface area contributed by atoms with Crippen molar-refractivity contribution < 1.29 is 18.1 Å². The van der Waals surface area contributed by atoms with Crippen molar-refractivity contribution in [3.8, 4) is 0 Å². The first-order valence-corrected chi connectivity index (χ1v) is 9.12. The molecule has 0 unspecified atom stereocenters.